The second-order valence-electron chi connectivity index (χ2n) is 1.74. The van der Waals surface area contributed by atoms with Gasteiger partial charge in [-0.05, 0) is 0 Å². The molecule has 0 spiro atoms. The van der Waals surface area contributed by atoms with Crippen LogP contribution in [0.3, 0.4) is 0 Å². The Kier molecular flexibility index (Phi) is 3.28. The third-order valence-electron chi connectivity index (χ3n) is 1.11. The van der Waals surface area contributed by atoms with Crippen LogP contribution >= 0.6 is 12.4 Å². The fourth-order valence-electron chi connectivity index (χ4n) is 0.633. The predicted molar refractivity (Wildman–Crippen MR) is 31.0 cm³/mol. The molecule has 0 aromatic heterocycles. The summed E-state index contributed by atoms with van der Waals surface area (Å²) >= 11 is 0. The van der Waals surface area contributed by atoms with Gasteiger partial charge in [0.15, 0.2) is 0 Å². The Morgan fingerprint density at radius 3 is 2.25 bits per heavy atom. The van der Waals surface area contributed by atoms with Gasteiger partial charge in [-0.2, -0.15) is 0 Å². The number of halogens is 2. The van der Waals surface area contributed by atoms with E-state index in [1.54, 1.807) is 0 Å². The fraction of sp³-hybridized carbons (Fsp3) is 1.00. The van der Waals surface area contributed by atoms with Crippen molar-refractivity contribution in [2.75, 3.05) is 13.1 Å². The molecule has 1 heterocycles. The van der Waals surface area contributed by atoms with Gasteiger partial charge in [0.2, 0.25) is 0 Å². The molecule has 0 radical (unpaired) electrons. The lowest BCUT2D eigenvalue weighted by Crippen LogP contribution is -2.17. The number of aliphatic hydroxyl groups is 1. The van der Waals surface area contributed by atoms with Crippen LogP contribution in [0.1, 0.15) is 0 Å². The van der Waals surface area contributed by atoms with Crippen LogP contribution in [0.15, 0.2) is 0 Å². The number of nitrogens with one attached hydrogen (secondary N) is 1. The van der Waals surface area contributed by atoms with E-state index in [9.17, 15) is 4.39 Å². The van der Waals surface area contributed by atoms with Gasteiger partial charge in [0.1, 0.15) is 6.17 Å². The van der Waals surface area contributed by atoms with Crippen molar-refractivity contribution < 1.29 is 9.50 Å². The standard InChI is InChI=1S/C4H8FNO.ClH/c5-3-1-6-2-4(3)7;/h3-4,6-7H,1-2H2;1H/t3?,4-;/m0./s1. The van der Waals surface area contributed by atoms with E-state index >= 15 is 0 Å². The number of rotatable bonds is 0. The fourth-order valence-corrected chi connectivity index (χ4v) is 0.633. The highest BCUT2D eigenvalue weighted by Gasteiger charge is 2.23. The van der Waals surface area contributed by atoms with E-state index in [1.807, 2.05) is 0 Å². The van der Waals surface area contributed by atoms with Crippen molar-refractivity contribution in [3.8, 4) is 0 Å². The molecule has 2 nitrogen and oxygen atoms in total. The van der Waals surface area contributed by atoms with Crippen LogP contribution in [0.25, 0.3) is 0 Å². The van der Waals surface area contributed by atoms with Gasteiger partial charge in [-0.3, -0.25) is 0 Å². The van der Waals surface area contributed by atoms with Crippen LogP contribution in [0, 0.1) is 0 Å². The van der Waals surface area contributed by atoms with Gasteiger partial charge in [-0.25, -0.2) is 4.39 Å². The van der Waals surface area contributed by atoms with Crippen molar-refractivity contribution >= 4 is 12.4 Å². The summed E-state index contributed by atoms with van der Waals surface area (Å²) in [5, 5.41) is 11.3. The highest BCUT2D eigenvalue weighted by atomic mass is 35.5. The minimum atomic E-state index is -1.04. The Labute approximate surface area is 53.5 Å². The average Bonchev–Trinajstić information content (AvgIpc) is 1.91. The molecule has 2 atom stereocenters. The maximum Gasteiger partial charge on any atom is 0.139 e. The van der Waals surface area contributed by atoms with Crippen molar-refractivity contribution in [2.24, 2.45) is 0 Å². The van der Waals surface area contributed by atoms with E-state index in [4.69, 9.17) is 5.11 Å². The molecule has 1 rings (SSSR count). The number of hydrogen-bond donors (Lipinski definition) is 2. The van der Waals surface area contributed by atoms with Crippen LogP contribution in [-0.2, 0) is 0 Å². The van der Waals surface area contributed by atoms with E-state index in [-0.39, 0.29) is 12.4 Å². The van der Waals surface area contributed by atoms with E-state index < -0.39 is 12.3 Å². The van der Waals surface area contributed by atoms with Gasteiger partial charge in [0.05, 0.1) is 6.10 Å². The van der Waals surface area contributed by atoms with Crippen molar-refractivity contribution in [1.82, 2.24) is 5.32 Å². The average molecular weight is 142 g/mol. The zero-order chi connectivity index (χ0) is 5.28. The van der Waals surface area contributed by atoms with Gasteiger partial charge in [0, 0.05) is 13.1 Å². The summed E-state index contributed by atoms with van der Waals surface area (Å²) in [7, 11) is 0. The largest absolute Gasteiger partial charge is 0.389 e. The van der Waals surface area contributed by atoms with Gasteiger partial charge in [0.25, 0.3) is 0 Å². The van der Waals surface area contributed by atoms with Crippen LogP contribution in [-0.4, -0.2) is 30.5 Å². The highest BCUT2D eigenvalue weighted by molar-refractivity contribution is 5.85. The molecular weight excluding hydrogens is 133 g/mol. The maximum atomic E-state index is 12.0. The van der Waals surface area contributed by atoms with E-state index in [2.05, 4.69) is 5.32 Å². The molecule has 1 aliphatic rings. The third kappa shape index (κ3) is 1.58. The summed E-state index contributed by atoms with van der Waals surface area (Å²) < 4.78 is 12.0. The predicted octanol–water partition coefficient (Wildman–Crippen LogP) is -0.290. The first-order valence-electron chi connectivity index (χ1n) is 2.33. The second-order valence-corrected chi connectivity index (χ2v) is 1.74. The van der Waals surface area contributed by atoms with E-state index in [0.717, 1.165) is 0 Å². The Morgan fingerprint density at radius 2 is 2.12 bits per heavy atom. The lowest BCUT2D eigenvalue weighted by Gasteiger charge is -1.98. The first-order valence-corrected chi connectivity index (χ1v) is 2.33. The molecule has 2 N–H and O–H groups in total. The Balaban J connectivity index is 0.000000490. The van der Waals surface area contributed by atoms with E-state index in [1.165, 1.54) is 0 Å². The summed E-state index contributed by atoms with van der Waals surface area (Å²) in [6.45, 7) is 0.711. The molecule has 1 saturated heterocycles. The molecule has 0 amide bonds. The highest BCUT2D eigenvalue weighted by Crippen LogP contribution is 2.01. The monoisotopic (exact) mass is 141 g/mol. The van der Waals surface area contributed by atoms with Crippen LogP contribution in [0.4, 0.5) is 4.39 Å². The molecule has 50 valence electrons. The lowest BCUT2D eigenvalue weighted by molar-refractivity contribution is 0.118. The molecule has 0 aliphatic carbocycles. The normalized spacial score (nSPS) is 36.8. The van der Waals surface area contributed by atoms with Gasteiger partial charge < -0.3 is 10.4 Å². The molecule has 8 heavy (non-hydrogen) atoms. The van der Waals surface area contributed by atoms with Crippen molar-refractivity contribution in [2.45, 2.75) is 12.3 Å². The number of aliphatic hydroxyl groups excluding tert-OH is 1. The number of β-amino-alcohol motifs (C(OH)–C–C–N with tert-alkyl or cyclic N) is 1. The zero-order valence-electron chi connectivity index (χ0n) is 4.30. The quantitative estimate of drug-likeness (QED) is 0.486. The molecule has 0 bridgehead atoms. The summed E-state index contributed by atoms with van der Waals surface area (Å²) in [6, 6.07) is 0. The minimum Gasteiger partial charge on any atom is -0.389 e. The molecule has 0 aromatic rings. The third-order valence-corrected chi connectivity index (χ3v) is 1.11. The summed E-state index contributed by atoms with van der Waals surface area (Å²) in [6.07, 6.45) is -1.81. The number of hydrogen-bond acceptors (Lipinski definition) is 2. The molecule has 0 aromatic carbocycles. The first-order chi connectivity index (χ1) is 3.30. The smallest absolute Gasteiger partial charge is 0.139 e. The van der Waals surface area contributed by atoms with Crippen molar-refractivity contribution in [1.29, 1.82) is 0 Å². The second kappa shape index (κ2) is 3.22. The molecule has 4 heteroatoms. The Morgan fingerprint density at radius 1 is 1.50 bits per heavy atom. The van der Waals surface area contributed by atoms with Gasteiger partial charge in [-0.1, -0.05) is 0 Å². The van der Waals surface area contributed by atoms with Crippen molar-refractivity contribution in [3.63, 3.8) is 0 Å². The number of alkyl halides is 1. The maximum absolute atomic E-state index is 12.0. The molecule has 1 unspecified atom stereocenters. The SMILES string of the molecule is Cl.O[C@H]1CNCC1F. The van der Waals surface area contributed by atoms with Crippen LogP contribution in [0.2, 0.25) is 0 Å². The van der Waals surface area contributed by atoms with Crippen LogP contribution in [0.5, 0.6) is 0 Å². The van der Waals surface area contributed by atoms with Crippen molar-refractivity contribution in [3.05, 3.63) is 0 Å². The lowest BCUT2D eigenvalue weighted by atomic mass is 10.3. The summed E-state index contributed by atoms with van der Waals surface area (Å²) in [4.78, 5) is 0. The summed E-state index contributed by atoms with van der Waals surface area (Å²) in [5.74, 6) is 0. The minimum absolute atomic E-state index is 0. The molecule has 0 saturated carbocycles. The molecule has 1 fully saturated rings. The Hall–Kier alpha value is 0.140. The summed E-state index contributed by atoms with van der Waals surface area (Å²) in [5.41, 5.74) is 0. The molecule has 1 aliphatic heterocycles. The van der Waals surface area contributed by atoms with E-state index in [0.29, 0.717) is 13.1 Å². The first kappa shape index (κ1) is 8.14. The van der Waals surface area contributed by atoms with Crippen LogP contribution < -0.4 is 5.32 Å². The Bertz CT molecular complexity index is 65.1. The van der Waals surface area contributed by atoms with Gasteiger partial charge >= 0.3 is 0 Å². The zero-order valence-corrected chi connectivity index (χ0v) is 5.12. The molecular formula is C4H9ClFNO. The topological polar surface area (TPSA) is 32.3 Å². The van der Waals surface area contributed by atoms with Gasteiger partial charge in [-0.15, -0.1) is 12.4 Å².